The molecule has 0 aromatic heterocycles. The number of aliphatic imine (C=N–C) groups is 2. The fraction of sp³-hybridized carbons (Fsp3) is 0.111. The van der Waals surface area contributed by atoms with E-state index in [0.29, 0.717) is 21.6 Å². The Morgan fingerprint density at radius 2 is 1.93 bits per heavy atom. The largest absolute Gasteiger partial charge is 0.387 e. The van der Waals surface area contributed by atoms with E-state index in [1.165, 1.54) is 0 Å². The molecule has 0 radical (unpaired) electrons. The summed E-state index contributed by atoms with van der Waals surface area (Å²) in [7, 11) is 0. The van der Waals surface area contributed by atoms with Crippen molar-refractivity contribution in [1.82, 2.24) is 0 Å². The topological polar surface area (TPSA) is 76.8 Å². The minimum atomic E-state index is 0.0409. The zero-order valence-corrected chi connectivity index (χ0v) is 9.55. The Labute approximate surface area is 97.6 Å². The maximum atomic E-state index is 5.90. The third-order valence-electron chi connectivity index (χ3n) is 1.46. The van der Waals surface area contributed by atoms with Crippen LogP contribution in [0.3, 0.4) is 0 Å². The number of hydrogen-bond acceptors (Lipinski definition) is 1. The Balaban J connectivity index is 3.09. The van der Waals surface area contributed by atoms with E-state index in [1.807, 2.05) is 0 Å². The molecule has 0 amide bonds. The third-order valence-corrected chi connectivity index (χ3v) is 2.27. The van der Waals surface area contributed by atoms with Gasteiger partial charge < -0.3 is 11.5 Å². The normalized spacial score (nSPS) is 13.0. The summed E-state index contributed by atoms with van der Waals surface area (Å²) < 4.78 is 0. The van der Waals surface area contributed by atoms with Crippen LogP contribution in [0.2, 0.25) is 10.0 Å². The second-order valence-electron chi connectivity index (χ2n) is 2.80. The zero-order valence-electron chi connectivity index (χ0n) is 8.04. The molecule has 0 unspecified atom stereocenters. The summed E-state index contributed by atoms with van der Waals surface area (Å²) in [5.74, 6) is 0.369. The van der Waals surface area contributed by atoms with Gasteiger partial charge in [0.15, 0.2) is 0 Å². The lowest BCUT2D eigenvalue weighted by atomic mass is 10.3. The first-order valence-corrected chi connectivity index (χ1v) is 4.85. The van der Waals surface area contributed by atoms with Crippen molar-refractivity contribution in [3.05, 3.63) is 28.2 Å². The highest BCUT2D eigenvalue weighted by Gasteiger charge is 2.03. The molecule has 0 saturated heterocycles. The molecule has 80 valence electrons. The van der Waals surface area contributed by atoms with Gasteiger partial charge in [0.2, 0.25) is 5.96 Å². The smallest absolute Gasteiger partial charge is 0.222 e. The van der Waals surface area contributed by atoms with Gasteiger partial charge in [-0.05, 0) is 19.1 Å². The lowest BCUT2D eigenvalue weighted by Gasteiger charge is -2.00. The van der Waals surface area contributed by atoms with Crippen molar-refractivity contribution in [3.63, 3.8) is 0 Å². The summed E-state index contributed by atoms with van der Waals surface area (Å²) in [6.45, 7) is 1.61. The molecule has 0 saturated carbocycles. The molecule has 6 heteroatoms. The van der Waals surface area contributed by atoms with Gasteiger partial charge >= 0.3 is 0 Å². The Morgan fingerprint density at radius 1 is 1.27 bits per heavy atom. The van der Waals surface area contributed by atoms with Crippen molar-refractivity contribution in [3.8, 4) is 0 Å². The number of amidine groups is 1. The first kappa shape index (κ1) is 11.8. The maximum Gasteiger partial charge on any atom is 0.222 e. The zero-order chi connectivity index (χ0) is 11.4. The minimum absolute atomic E-state index is 0.0409. The molecule has 0 atom stereocenters. The third kappa shape index (κ3) is 3.42. The number of benzene rings is 1. The SMILES string of the molecule is CC(N)=NC(N)=Nc1cccc(Cl)c1Cl. The summed E-state index contributed by atoms with van der Waals surface area (Å²) in [5, 5.41) is 0.756. The molecule has 1 aromatic rings. The molecule has 0 aliphatic rings. The van der Waals surface area contributed by atoms with E-state index in [0.717, 1.165) is 0 Å². The second-order valence-corrected chi connectivity index (χ2v) is 3.58. The van der Waals surface area contributed by atoms with Crippen LogP contribution in [0.1, 0.15) is 6.92 Å². The molecule has 4 nitrogen and oxygen atoms in total. The van der Waals surface area contributed by atoms with Crippen LogP contribution in [0.25, 0.3) is 0 Å². The van der Waals surface area contributed by atoms with E-state index in [2.05, 4.69) is 9.98 Å². The van der Waals surface area contributed by atoms with Crippen LogP contribution in [0.5, 0.6) is 0 Å². The van der Waals surface area contributed by atoms with E-state index in [4.69, 9.17) is 34.7 Å². The summed E-state index contributed by atoms with van der Waals surface area (Å²) in [4.78, 5) is 7.73. The van der Waals surface area contributed by atoms with Crippen LogP contribution in [0.4, 0.5) is 5.69 Å². The molecule has 0 spiro atoms. The van der Waals surface area contributed by atoms with Gasteiger partial charge in [-0.2, -0.15) is 0 Å². The Kier molecular flexibility index (Phi) is 3.94. The summed E-state index contributed by atoms with van der Waals surface area (Å²) in [6.07, 6.45) is 0. The summed E-state index contributed by atoms with van der Waals surface area (Å²) in [5.41, 5.74) is 11.3. The van der Waals surface area contributed by atoms with E-state index < -0.39 is 0 Å². The quantitative estimate of drug-likeness (QED) is 0.588. The van der Waals surface area contributed by atoms with Gasteiger partial charge in [0.05, 0.1) is 21.6 Å². The van der Waals surface area contributed by atoms with Crippen molar-refractivity contribution in [2.45, 2.75) is 6.92 Å². The number of hydrogen-bond donors (Lipinski definition) is 2. The molecule has 0 bridgehead atoms. The second kappa shape index (κ2) is 5.00. The Bertz CT molecular complexity index is 422. The molecule has 1 rings (SSSR count). The van der Waals surface area contributed by atoms with E-state index >= 15 is 0 Å². The molecule has 15 heavy (non-hydrogen) atoms. The minimum Gasteiger partial charge on any atom is -0.387 e. The van der Waals surface area contributed by atoms with Gasteiger partial charge in [0, 0.05) is 0 Å². The van der Waals surface area contributed by atoms with E-state index in [-0.39, 0.29) is 5.96 Å². The van der Waals surface area contributed by atoms with E-state index in [1.54, 1.807) is 25.1 Å². The Morgan fingerprint density at radius 3 is 2.53 bits per heavy atom. The molecular formula is C9H10Cl2N4. The van der Waals surface area contributed by atoms with Crippen LogP contribution in [-0.4, -0.2) is 11.8 Å². The number of rotatable bonds is 1. The highest BCUT2D eigenvalue weighted by Crippen LogP contribution is 2.31. The Hall–Kier alpha value is -1.26. The van der Waals surface area contributed by atoms with Crippen LogP contribution < -0.4 is 11.5 Å². The van der Waals surface area contributed by atoms with Gasteiger partial charge in [0.1, 0.15) is 0 Å². The molecule has 0 heterocycles. The standard InChI is InChI=1S/C9H10Cl2N4/c1-5(12)14-9(13)15-7-4-2-3-6(10)8(7)11/h2-4H,1H3,(H4,12,13,14,15). The molecule has 4 N–H and O–H groups in total. The van der Waals surface area contributed by atoms with Crippen LogP contribution >= 0.6 is 23.2 Å². The van der Waals surface area contributed by atoms with E-state index in [9.17, 15) is 0 Å². The molecule has 0 aliphatic carbocycles. The van der Waals surface area contributed by atoms with Gasteiger partial charge in [-0.1, -0.05) is 29.3 Å². The van der Waals surface area contributed by atoms with Gasteiger partial charge in [-0.3, -0.25) is 0 Å². The van der Waals surface area contributed by atoms with Gasteiger partial charge in [0.25, 0.3) is 0 Å². The number of nitrogens with two attached hydrogens (primary N) is 2. The van der Waals surface area contributed by atoms with Crippen molar-refractivity contribution < 1.29 is 0 Å². The number of guanidine groups is 1. The molecule has 1 aromatic carbocycles. The fourth-order valence-electron chi connectivity index (χ4n) is 0.908. The number of halogens is 2. The first-order valence-electron chi connectivity index (χ1n) is 4.09. The molecule has 0 fully saturated rings. The molecular weight excluding hydrogens is 235 g/mol. The van der Waals surface area contributed by atoms with Crippen molar-refractivity contribution in [1.29, 1.82) is 0 Å². The predicted molar refractivity (Wildman–Crippen MR) is 65.0 cm³/mol. The predicted octanol–water partition coefficient (Wildman–Crippen LogP) is 2.32. The maximum absolute atomic E-state index is 5.90. The summed E-state index contributed by atoms with van der Waals surface area (Å²) in [6, 6.07) is 5.07. The number of nitrogens with zero attached hydrogens (tertiary/aromatic N) is 2. The first-order chi connectivity index (χ1) is 7.00. The lowest BCUT2D eigenvalue weighted by Crippen LogP contribution is -2.15. The molecule has 0 aliphatic heterocycles. The highest BCUT2D eigenvalue weighted by atomic mass is 35.5. The highest BCUT2D eigenvalue weighted by molar-refractivity contribution is 6.43. The average molecular weight is 245 g/mol. The average Bonchev–Trinajstić information content (AvgIpc) is 2.11. The lowest BCUT2D eigenvalue weighted by molar-refractivity contribution is 1.39. The van der Waals surface area contributed by atoms with Gasteiger partial charge in [-0.25, -0.2) is 9.98 Å². The van der Waals surface area contributed by atoms with Crippen molar-refractivity contribution >= 4 is 40.7 Å². The van der Waals surface area contributed by atoms with Gasteiger partial charge in [-0.15, -0.1) is 0 Å². The van der Waals surface area contributed by atoms with Crippen LogP contribution in [0, 0.1) is 0 Å². The van der Waals surface area contributed by atoms with Crippen LogP contribution in [0.15, 0.2) is 28.2 Å². The summed E-state index contributed by atoms with van der Waals surface area (Å²) >= 11 is 11.7. The van der Waals surface area contributed by atoms with Crippen molar-refractivity contribution in [2.75, 3.05) is 0 Å². The van der Waals surface area contributed by atoms with Crippen LogP contribution in [-0.2, 0) is 0 Å². The monoisotopic (exact) mass is 244 g/mol. The fourth-order valence-corrected chi connectivity index (χ4v) is 1.25. The van der Waals surface area contributed by atoms with Crippen molar-refractivity contribution in [2.24, 2.45) is 21.5 Å².